The summed E-state index contributed by atoms with van der Waals surface area (Å²) >= 11 is 7.50. The van der Waals surface area contributed by atoms with Crippen molar-refractivity contribution in [3.8, 4) is 5.75 Å². The first kappa shape index (κ1) is 19.5. The van der Waals surface area contributed by atoms with E-state index < -0.39 is 0 Å². The van der Waals surface area contributed by atoms with Gasteiger partial charge in [0, 0.05) is 17.1 Å². The highest BCUT2D eigenvalue weighted by Gasteiger charge is 2.32. The molecule has 0 saturated carbocycles. The predicted molar refractivity (Wildman–Crippen MR) is 114 cm³/mol. The van der Waals surface area contributed by atoms with Crippen molar-refractivity contribution < 1.29 is 9.53 Å². The molecule has 2 aromatic carbocycles. The van der Waals surface area contributed by atoms with Crippen LogP contribution in [0.15, 0.2) is 52.4 Å². The van der Waals surface area contributed by atoms with Crippen molar-refractivity contribution in [2.75, 3.05) is 13.2 Å². The van der Waals surface area contributed by atoms with Gasteiger partial charge in [0.25, 0.3) is 5.91 Å². The van der Waals surface area contributed by atoms with E-state index in [1.807, 2.05) is 57.2 Å². The number of carbonyl (C=O) groups excluding carboxylic acids is 1. The second-order valence-corrected chi connectivity index (χ2v) is 7.45. The van der Waals surface area contributed by atoms with E-state index in [0.717, 1.165) is 11.3 Å². The second-order valence-electron chi connectivity index (χ2n) is 6.01. The summed E-state index contributed by atoms with van der Waals surface area (Å²) in [5, 5.41) is 1.28. The average molecular weight is 401 g/mol. The third-order valence-corrected chi connectivity index (χ3v) is 5.26. The Bertz CT molecular complexity index is 907. The maximum atomic E-state index is 12.8. The summed E-state index contributed by atoms with van der Waals surface area (Å²) in [6, 6.07) is 13.3. The predicted octanol–water partition coefficient (Wildman–Crippen LogP) is 5.67. The summed E-state index contributed by atoms with van der Waals surface area (Å²) in [6.45, 7) is 7.00. The van der Waals surface area contributed by atoms with Gasteiger partial charge in [0.2, 0.25) is 0 Å². The largest absolute Gasteiger partial charge is 0.493 e. The zero-order chi connectivity index (χ0) is 19.4. The lowest BCUT2D eigenvalue weighted by Gasteiger charge is -2.12. The summed E-state index contributed by atoms with van der Waals surface area (Å²) in [5.41, 5.74) is 2.78. The van der Waals surface area contributed by atoms with Crippen LogP contribution in [0.5, 0.6) is 5.75 Å². The molecule has 4 nitrogen and oxygen atoms in total. The van der Waals surface area contributed by atoms with Crippen molar-refractivity contribution in [1.82, 2.24) is 4.90 Å². The monoisotopic (exact) mass is 400 g/mol. The third kappa shape index (κ3) is 4.54. The molecule has 140 valence electrons. The number of halogens is 1. The molecule has 0 aromatic heterocycles. The van der Waals surface area contributed by atoms with Crippen molar-refractivity contribution in [1.29, 1.82) is 0 Å². The van der Waals surface area contributed by atoms with Gasteiger partial charge in [-0.05, 0) is 68.9 Å². The SMILES string of the molecule is CCOc1ccc(Cl)cc1/C=C1/SC(=Nc2ccc(C)cc2)N(CC)C1=O. The van der Waals surface area contributed by atoms with Crippen molar-refractivity contribution in [3.63, 3.8) is 0 Å². The van der Waals surface area contributed by atoms with Crippen LogP contribution in [0.1, 0.15) is 25.0 Å². The number of amidine groups is 1. The van der Waals surface area contributed by atoms with E-state index >= 15 is 0 Å². The number of ether oxygens (including phenoxy) is 1. The number of hydrogen-bond donors (Lipinski definition) is 0. The lowest BCUT2D eigenvalue weighted by Crippen LogP contribution is -2.28. The van der Waals surface area contributed by atoms with E-state index in [0.29, 0.717) is 34.0 Å². The normalized spacial score (nSPS) is 17.2. The molecule has 1 amide bonds. The Morgan fingerprint density at radius 2 is 1.93 bits per heavy atom. The summed E-state index contributed by atoms with van der Waals surface area (Å²) in [6.07, 6.45) is 1.82. The Balaban J connectivity index is 1.96. The van der Waals surface area contributed by atoms with Gasteiger partial charge in [-0.25, -0.2) is 4.99 Å². The van der Waals surface area contributed by atoms with Gasteiger partial charge in [-0.2, -0.15) is 0 Å². The Hall–Kier alpha value is -2.24. The van der Waals surface area contributed by atoms with Gasteiger partial charge in [0.1, 0.15) is 5.75 Å². The Kier molecular flexibility index (Phi) is 6.24. The molecule has 0 aliphatic carbocycles. The lowest BCUT2D eigenvalue weighted by molar-refractivity contribution is -0.122. The fourth-order valence-electron chi connectivity index (χ4n) is 2.66. The quantitative estimate of drug-likeness (QED) is 0.607. The highest BCUT2D eigenvalue weighted by atomic mass is 35.5. The van der Waals surface area contributed by atoms with Crippen LogP contribution in [0.3, 0.4) is 0 Å². The van der Waals surface area contributed by atoms with Crippen LogP contribution in [0, 0.1) is 6.92 Å². The van der Waals surface area contributed by atoms with Crippen LogP contribution >= 0.6 is 23.4 Å². The molecule has 0 bridgehead atoms. The molecule has 1 aliphatic heterocycles. The number of nitrogens with zero attached hydrogens (tertiary/aromatic N) is 2. The number of amides is 1. The van der Waals surface area contributed by atoms with E-state index in [9.17, 15) is 4.79 Å². The molecule has 27 heavy (non-hydrogen) atoms. The minimum absolute atomic E-state index is 0.0595. The maximum absolute atomic E-state index is 12.8. The number of carbonyl (C=O) groups is 1. The molecule has 6 heteroatoms. The molecule has 0 N–H and O–H groups in total. The van der Waals surface area contributed by atoms with Crippen LogP contribution in [-0.2, 0) is 4.79 Å². The maximum Gasteiger partial charge on any atom is 0.266 e. The zero-order valence-corrected chi connectivity index (χ0v) is 17.1. The summed E-state index contributed by atoms with van der Waals surface area (Å²) < 4.78 is 5.66. The van der Waals surface area contributed by atoms with Crippen molar-refractivity contribution in [2.24, 2.45) is 4.99 Å². The van der Waals surface area contributed by atoms with Gasteiger partial charge >= 0.3 is 0 Å². The minimum atomic E-state index is -0.0595. The molecular formula is C21H21ClN2O2S. The number of likely N-dealkylation sites (N-methyl/N-ethyl adjacent to an activating group) is 1. The van der Waals surface area contributed by atoms with Crippen LogP contribution in [-0.4, -0.2) is 29.1 Å². The molecule has 1 aliphatic rings. The summed E-state index contributed by atoms with van der Waals surface area (Å²) in [7, 11) is 0. The third-order valence-electron chi connectivity index (χ3n) is 4.02. The van der Waals surface area contributed by atoms with E-state index in [1.165, 1.54) is 17.3 Å². The van der Waals surface area contributed by atoms with Crippen molar-refractivity contribution in [3.05, 3.63) is 63.5 Å². The standard InChI is InChI=1S/C21H21ClN2O2S/c1-4-24-20(25)19(13-15-12-16(22)8-11-18(15)26-5-2)27-21(24)23-17-9-6-14(3)7-10-17/h6-13H,4-5H2,1-3H3/b19-13+,23-21?. The van der Waals surface area contributed by atoms with Gasteiger partial charge in [0.15, 0.2) is 5.17 Å². The minimum Gasteiger partial charge on any atom is -0.493 e. The average Bonchev–Trinajstić information content (AvgIpc) is 2.94. The van der Waals surface area contributed by atoms with E-state index in [-0.39, 0.29) is 5.91 Å². The fraction of sp³-hybridized carbons (Fsp3) is 0.238. The van der Waals surface area contributed by atoms with Gasteiger partial charge in [-0.15, -0.1) is 0 Å². The van der Waals surface area contributed by atoms with Gasteiger partial charge in [-0.3, -0.25) is 9.69 Å². The van der Waals surface area contributed by atoms with E-state index in [2.05, 4.69) is 4.99 Å². The molecular weight excluding hydrogens is 380 g/mol. The molecule has 0 spiro atoms. The topological polar surface area (TPSA) is 41.9 Å². The molecule has 1 heterocycles. The number of rotatable bonds is 5. The molecule has 3 rings (SSSR count). The number of benzene rings is 2. The Morgan fingerprint density at radius 3 is 2.59 bits per heavy atom. The first-order chi connectivity index (χ1) is 13.0. The van der Waals surface area contributed by atoms with Crippen LogP contribution in [0.25, 0.3) is 6.08 Å². The summed E-state index contributed by atoms with van der Waals surface area (Å²) in [4.78, 5) is 19.8. The highest BCUT2D eigenvalue weighted by Crippen LogP contribution is 2.36. The number of hydrogen-bond acceptors (Lipinski definition) is 4. The zero-order valence-electron chi connectivity index (χ0n) is 15.5. The van der Waals surface area contributed by atoms with E-state index in [1.54, 1.807) is 17.0 Å². The number of thioether (sulfide) groups is 1. The molecule has 1 fully saturated rings. The highest BCUT2D eigenvalue weighted by molar-refractivity contribution is 8.18. The fourth-order valence-corrected chi connectivity index (χ4v) is 3.89. The molecule has 0 radical (unpaired) electrons. The van der Waals surface area contributed by atoms with E-state index in [4.69, 9.17) is 16.3 Å². The lowest BCUT2D eigenvalue weighted by atomic mass is 10.2. The smallest absolute Gasteiger partial charge is 0.266 e. The first-order valence-corrected chi connectivity index (χ1v) is 10.0. The molecule has 0 atom stereocenters. The van der Waals surface area contributed by atoms with Gasteiger partial charge < -0.3 is 4.74 Å². The van der Waals surface area contributed by atoms with Crippen molar-refractivity contribution in [2.45, 2.75) is 20.8 Å². The van der Waals surface area contributed by atoms with Gasteiger partial charge in [0.05, 0.1) is 17.2 Å². The second kappa shape index (κ2) is 8.63. The van der Waals surface area contributed by atoms with Crippen molar-refractivity contribution >= 4 is 46.2 Å². The molecule has 0 unspecified atom stereocenters. The van der Waals surface area contributed by atoms with Crippen LogP contribution in [0.2, 0.25) is 5.02 Å². The Labute approximate surface area is 168 Å². The first-order valence-electron chi connectivity index (χ1n) is 8.81. The Morgan fingerprint density at radius 1 is 1.19 bits per heavy atom. The number of aryl methyl sites for hydroxylation is 1. The molecule has 1 saturated heterocycles. The van der Waals surface area contributed by atoms with Crippen LogP contribution in [0.4, 0.5) is 5.69 Å². The van der Waals surface area contributed by atoms with Gasteiger partial charge in [-0.1, -0.05) is 29.3 Å². The summed E-state index contributed by atoms with van der Waals surface area (Å²) in [5.74, 6) is 0.644. The molecule has 2 aromatic rings. The number of aliphatic imine (C=N–C) groups is 1. The van der Waals surface area contributed by atoms with Crippen LogP contribution < -0.4 is 4.74 Å².